The Hall–Kier alpha value is -0.0400. The molecule has 60 valence electrons. The molecule has 1 nitrogen and oxygen atoms in total. The maximum atomic E-state index is 1.56. The standard InChI is InChI=1S/C9H16.H2O/c1-2-8-4-6-9(3-1)7-5-8;/h8-9H,1-7H2;1H2. The summed E-state index contributed by atoms with van der Waals surface area (Å²) in [6.07, 6.45) is 10.9. The number of rotatable bonds is 0. The van der Waals surface area contributed by atoms with Crippen molar-refractivity contribution in [3.8, 4) is 0 Å². The Morgan fingerprint density at radius 1 is 0.600 bits per heavy atom. The van der Waals surface area contributed by atoms with E-state index in [1.807, 2.05) is 0 Å². The van der Waals surface area contributed by atoms with Crippen LogP contribution in [0.1, 0.15) is 44.9 Å². The topological polar surface area (TPSA) is 31.5 Å². The first-order valence-corrected chi connectivity index (χ1v) is 4.45. The molecule has 3 fully saturated rings. The first-order valence-electron chi connectivity index (χ1n) is 4.45. The molecule has 0 aromatic carbocycles. The molecule has 10 heavy (non-hydrogen) atoms. The largest absolute Gasteiger partial charge is 0.412 e. The van der Waals surface area contributed by atoms with Gasteiger partial charge < -0.3 is 5.48 Å². The van der Waals surface area contributed by atoms with Crippen molar-refractivity contribution in [3.05, 3.63) is 0 Å². The molecule has 0 saturated heterocycles. The quantitative estimate of drug-likeness (QED) is 0.496. The molecule has 0 heterocycles. The molecule has 0 radical (unpaired) electrons. The Bertz CT molecular complexity index is 75.4. The second kappa shape index (κ2) is 3.38. The monoisotopic (exact) mass is 142 g/mol. The molecule has 3 saturated carbocycles. The molecule has 0 aromatic rings. The van der Waals surface area contributed by atoms with E-state index in [0.29, 0.717) is 0 Å². The zero-order chi connectivity index (χ0) is 6.10. The van der Waals surface area contributed by atoms with Crippen LogP contribution < -0.4 is 0 Å². The predicted octanol–water partition coefficient (Wildman–Crippen LogP) is 2.15. The SMILES string of the molecule is C1CC2CCC(C1)CC2.O. The van der Waals surface area contributed by atoms with Crippen LogP contribution in [-0.4, -0.2) is 5.48 Å². The van der Waals surface area contributed by atoms with Gasteiger partial charge in [0.2, 0.25) is 0 Å². The van der Waals surface area contributed by atoms with Gasteiger partial charge in [-0.1, -0.05) is 44.9 Å². The van der Waals surface area contributed by atoms with Crippen LogP contribution in [-0.2, 0) is 0 Å². The predicted molar refractivity (Wildman–Crippen MR) is 42.9 cm³/mol. The van der Waals surface area contributed by atoms with Gasteiger partial charge in [-0.05, 0) is 11.8 Å². The molecule has 0 unspecified atom stereocenters. The first kappa shape index (κ1) is 8.06. The highest BCUT2D eigenvalue weighted by Crippen LogP contribution is 2.38. The minimum atomic E-state index is 0. The van der Waals surface area contributed by atoms with E-state index in [0.717, 1.165) is 11.8 Å². The fourth-order valence-corrected chi connectivity index (χ4v) is 2.50. The summed E-state index contributed by atoms with van der Waals surface area (Å²) in [5.74, 6) is 2.28. The third-order valence-corrected chi connectivity index (χ3v) is 3.19. The summed E-state index contributed by atoms with van der Waals surface area (Å²) in [5.41, 5.74) is 0. The number of fused-ring (bicyclic) bond motifs is 4. The summed E-state index contributed by atoms with van der Waals surface area (Å²) in [7, 11) is 0. The summed E-state index contributed by atoms with van der Waals surface area (Å²) >= 11 is 0. The molecule has 3 aliphatic rings. The number of hydrogen-bond donors (Lipinski definition) is 0. The van der Waals surface area contributed by atoms with Crippen molar-refractivity contribution in [1.82, 2.24) is 0 Å². The summed E-state index contributed by atoms with van der Waals surface area (Å²) in [6.45, 7) is 0. The highest BCUT2D eigenvalue weighted by Gasteiger charge is 2.24. The lowest BCUT2D eigenvalue weighted by Crippen LogP contribution is -2.08. The Morgan fingerprint density at radius 2 is 1.00 bits per heavy atom. The maximum absolute atomic E-state index is 1.56. The van der Waals surface area contributed by atoms with Crippen LogP contribution in [0.15, 0.2) is 0 Å². The molecule has 3 aliphatic carbocycles. The van der Waals surface area contributed by atoms with E-state index >= 15 is 0 Å². The van der Waals surface area contributed by atoms with E-state index in [4.69, 9.17) is 0 Å². The van der Waals surface area contributed by atoms with Gasteiger partial charge in [-0.25, -0.2) is 0 Å². The van der Waals surface area contributed by atoms with E-state index in [1.54, 1.807) is 38.5 Å². The minimum absolute atomic E-state index is 0. The van der Waals surface area contributed by atoms with Gasteiger partial charge in [0.05, 0.1) is 0 Å². The lowest BCUT2D eigenvalue weighted by Gasteiger charge is -2.22. The Balaban J connectivity index is 0.000000500. The van der Waals surface area contributed by atoms with Crippen molar-refractivity contribution in [2.75, 3.05) is 0 Å². The maximum Gasteiger partial charge on any atom is -0.0414 e. The highest BCUT2D eigenvalue weighted by atomic mass is 16.0. The summed E-state index contributed by atoms with van der Waals surface area (Å²) in [6, 6.07) is 0. The molecule has 3 rings (SSSR count). The number of hydrogen-bond acceptors (Lipinski definition) is 0. The van der Waals surface area contributed by atoms with Gasteiger partial charge in [0.15, 0.2) is 0 Å². The van der Waals surface area contributed by atoms with Crippen molar-refractivity contribution < 1.29 is 5.48 Å². The Labute approximate surface area is 63.1 Å². The molecule has 0 spiro atoms. The van der Waals surface area contributed by atoms with Gasteiger partial charge in [-0.15, -0.1) is 0 Å². The Kier molecular flexibility index (Phi) is 2.72. The molecule has 0 atom stereocenters. The van der Waals surface area contributed by atoms with Crippen LogP contribution in [0.4, 0.5) is 0 Å². The van der Waals surface area contributed by atoms with Crippen molar-refractivity contribution in [1.29, 1.82) is 0 Å². The normalized spacial score (nSPS) is 38.4. The van der Waals surface area contributed by atoms with Crippen LogP contribution in [0.2, 0.25) is 0 Å². The van der Waals surface area contributed by atoms with Crippen molar-refractivity contribution in [2.24, 2.45) is 11.8 Å². The van der Waals surface area contributed by atoms with Gasteiger partial charge in [0.25, 0.3) is 0 Å². The fourth-order valence-electron chi connectivity index (χ4n) is 2.50. The molecule has 1 heteroatoms. The second-order valence-corrected chi connectivity index (χ2v) is 3.82. The summed E-state index contributed by atoms with van der Waals surface area (Å²) < 4.78 is 0. The van der Waals surface area contributed by atoms with Crippen LogP contribution in [0, 0.1) is 11.8 Å². The molecular formula is C9H18O. The Morgan fingerprint density at radius 3 is 1.40 bits per heavy atom. The second-order valence-electron chi connectivity index (χ2n) is 3.82. The van der Waals surface area contributed by atoms with Gasteiger partial charge >= 0.3 is 0 Å². The van der Waals surface area contributed by atoms with Crippen molar-refractivity contribution in [2.45, 2.75) is 44.9 Å². The fraction of sp³-hybridized carbons (Fsp3) is 1.00. The lowest BCUT2D eigenvalue weighted by molar-refractivity contribution is 0.308. The van der Waals surface area contributed by atoms with Crippen molar-refractivity contribution in [3.63, 3.8) is 0 Å². The van der Waals surface area contributed by atoms with E-state index in [9.17, 15) is 0 Å². The highest BCUT2D eigenvalue weighted by molar-refractivity contribution is 4.76. The van der Waals surface area contributed by atoms with E-state index < -0.39 is 0 Å². The molecule has 2 N–H and O–H groups in total. The zero-order valence-electron chi connectivity index (χ0n) is 6.60. The smallest absolute Gasteiger partial charge is 0.0414 e. The molecule has 0 aromatic heterocycles. The van der Waals surface area contributed by atoms with Gasteiger partial charge in [-0.3, -0.25) is 0 Å². The average Bonchev–Trinajstić information content (AvgIpc) is 2.21. The average molecular weight is 142 g/mol. The van der Waals surface area contributed by atoms with Gasteiger partial charge in [0, 0.05) is 0 Å². The zero-order valence-corrected chi connectivity index (χ0v) is 6.60. The molecule has 0 aliphatic heterocycles. The first-order chi connectivity index (χ1) is 4.45. The third kappa shape index (κ3) is 1.51. The third-order valence-electron chi connectivity index (χ3n) is 3.19. The molecule has 0 amide bonds. The van der Waals surface area contributed by atoms with Gasteiger partial charge in [0.1, 0.15) is 0 Å². The van der Waals surface area contributed by atoms with E-state index in [2.05, 4.69) is 0 Å². The lowest BCUT2D eigenvalue weighted by atomic mass is 9.84. The van der Waals surface area contributed by atoms with Crippen LogP contribution >= 0.6 is 0 Å². The van der Waals surface area contributed by atoms with Crippen LogP contribution in [0.3, 0.4) is 0 Å². The van der Waals surface area contributed by atoms with E-state index in [-0.39, 0.29) is 5.48 Å². The van der Waals surface area contributed by atoms with Crippen molar-refractivity contribution >= 4 is 0 Å². The summed E-state index contributed by atoms with van der Waals surface area (Å²) in [5, 5.41) is 0. The van der Waals surface area contributed by atoms with Crippen LogP contribution in [0.5, 0.6) is 0 Å². The summed E-state index contributed by atoms with van der Waals surface area (Å²) in [4.78, 5) is 0. The van der Waals surface area contributed by atoms with E-state index in [1.165, 1.54) is 6.42 Å². The minimum Gasteiger partial charge on any atom is -0.412 e. The van der Waals surface area contributed by atoms with Crippen LogP contribution in [0.25, 0.3) is 0 Å². The molecule has 2 bridgehead atoms. The molecular weight excluding hydrogens is 124 g/mol. The van der Waals surface area contributed by atoms with Gasteiger partial charge in [-0.2, -0.15) is 0 Å².